The monoisotopic (exact) mass is 515 g/mol. The highest BCUT2D eigenvalue weighted by atomic mass is 16.5. The first-order valence-electron chi connectivity index (χ1n) is 13.3. The fourth-order valence-corrected chi connectivity index (χ4v) is 4.56. The van der Waals surface area contributed by atoms with E-state index in [1.807, 2.05) is 32.9 Å². The summed E-state index contributed by atoms with van der Waals surface area (Å²) in [5.74, 6) is -3.73. The van der Waals surface area contributed by atoms with Crippen LogP contribution in [0.4, 0.5) is 0 Å². The Hall–Kier alpha value is -2.51. The van der Waals surface area contributed by atoms with Crippen molar-refractivity contribution in [1.82, 2.24) is 4.98 Å². The minimum Gasteiger partial charge on any atom is -0.458 e. The van der Waals surface area contributed by atoms with Gasteiger partial charge in [0.2, 0.25) is 0 Å². The smallest absolute Gasteiger partial charge is 0.306 e. The number of Topliss-reactive ketones (excluding diaryl/α,β-unsaturated/α-hetero) is 1. The van der Waals surface area contributed by atoms with Crippen LogP contribution in [0.2, 0.25) is 0 Å². The number of cyclic esters (lactones) is 1. The molecule has 0 bridgehead atoms. The summed E-state index contributed by atoms with van der Waals surface area (Å²) in [5, 5.41) is 22.4. The van der Waals surface area contributed by atoms with Crippen molar-refractivity contribution < 1.29 is 29.0 Å². The maximum absolute atomic E-state index is 13.7. The van der Waals surface area contributed by atoms with E-state index in [2.05, 4.69) is 11.1 Å². The van der Waals surface area contributed by atoms with Crippen molar-refractivity contribution in [2.75, 3.05) is 0 Å². The van der Waals surface area contributed by atoms with Gasteiger partial charge in [-0.3, -0.25) is 9.59 Å². The molecule has 2 heterocycles. The van der Waals surface area contributed by atoms with Crippen LogP contribution < -0.4 is 0 Å². The highest BCUT2D eigenvalue weighted by Crippen LogP contribution is 2.38. The second-order valence-corrected chi connectivity index (χ2v) is 11.4. The summed E-state index contributed by atoms with van der Waals surface area (Å²) in [7, 11) is 0. The molecular formula is C30H45NO6. The average Bonchev–Trinajstić information content (AvgIpc) is 3.23. The molecule has 1 aliphatic rings. The van der Waals surface area contributed by atoms with E-state index in [1.54, 1.807) is 40.0 Å². The van der Waals surface area contributed by atoms with Crippen LogP contribution >= 0.6 is 0 Å². The molecule has 1 aromatic heterocycles. The van der Waals surface area contributed by atoms with E-state index >= 15 is 0 Å². The third kappa shape index (κ3) is 9.38. The van der Waals surface area contributed by atoms with Gasteiger partial charge in [0.05, 0.1) is 5.92 Å². The quantitative estimate of drug-likeness (QED) is 0.283. The second kappa shape index (κ2) is 13.3. The standard InChI is InChI=1S/C30H45NO6/c1-20(2)11-16-26-28(33)29(6,7)18-17-27(32)37-25(15-13-24-19-36-23(5)31-24)14-12-21(3)9-8-10-22(4)30(26,34)35/h11-13,15,19,22,25-26,34-35H,8-10,14,16-18H2,1-7H3. The van der Waals surface area contributed by atoms with Gasteiger partial charge in [-0.1, -0.05) is 44.1 Å². The molecule has 0 aromatic carbocycles. The van der Waals surface area contributed by atoms with Crippen molar-refractivity contribution in [3.63, 3.8) is 0 Å². The Morgan fingerprint density at radius 3 is 2.51 bits per heavy atom. The number of nitrogens with zero attached hydrogens (tertiary/aromatic N) is 1. The zero-order valence-electron chi connectivity index (χ0n) is 23.5. The highest BCUT2D eigenvalue weighted by molar-refractivity contribution is 5.88. The molecule has 2 rings (SSSR count). The normalized spacial score (nSPS) is 26.0. The van der Waals surface area contributed by atoms with Crippen LogP contribution in [0.1, 0.15) is 98.1 Å². The van der Waals surface area contributed by atoms with Crippen LogP contribution in [0.25, 0.3) is 6.08 Å². The molecule has 7 nitrogen and oxygen atoms in total. The van der Waals surface area contributed by atoms with Crippen molar-refractivity contribution in [3.05, 3.63) is 47.2 Å². The van der Waals surface area contributed by atoms with Crippen LogP contribution in [0, 0.1) is 24.2 Å². The Bertz CT molecular complexity index is 1010. The summed E-state index contributed by atoms with van der Waals surface area (Å²) in [5.41, 5.74) is 1.85. The lowest BCUT2D eigenvalue weighted by Gasteiger charge is -2.39. The summed E-state index contributed by atoms with van der Waals surface area (Å²) < 4.78 is 11.0. The molecule has 0 fully saturated rings. The molecule has 37 heavy (non-hydrogen) atoms. The number of hydrogen-bond donors (Lipinski definition) is 2. The lowest BCUT2D eigenvalue weighted by atomic mass is 9.71. The van der Waals surface area contributed by atoms with Crippen LogP contribution in [-0.4, -0.2) is 38.8 Å². The topological polar surface area (TPSA) is 110 Å². The van der Waals surface area contributed by atoms with Gasteiger partial charge >= 0.3 is 5.97 Å². The zero-order valence-corrected chi connectivity index (χ0v) is 23.5. The Morgan fingerprint density at radius 1 is 1.19 bits per heavy atom. The molecule has 0 spiro atoms. The Kier molecular flexibility index (Phi) is 11.1. The predicted molar refractivity (Wildman–Crippen MR) is 144 cm³/mol. The van der Waals surface area contributed by atoms with E-state index in [4.69, 9.17) is 9.15 Å². The molecule has 0 aliphatic carbocycles. The number of hydrogen-bond acceptors (Lipinski definition) is 7. The second-order valence-electron chi connectivity index (χ2n) is 11.4. The number of rotatable bonds is 4. The average molecular weight is 516 g/mol. The maximum Gasteiger partial charge on any atom is 0.306 e. The van der Waals surface area contributed by atoms with E-state index in [0.717, 1.165) is 24.0 Å². The number of carbonyl (C=O) groups is 2. The van der Waals surface area contributed by atoms with E-state index in [9.17, 15) is 19.8 Å². The van der Waals surface area contributed by atoms with Crippen molar-refractivity contribution in [2.45, 2.75) is 105 Å². The number of aliphatic hydroxyl groups is 2. The van der Waals surface area contributed by atoms with E-state index in [0.29, 0.717) is 24.4 Å². The van der Waals surface area contributed by atoms with Crippen molar-refractivity contribution in [2.24, 2.45) is 17.3 Å². The summed E-state index contributed by atoms with van der Waals surface area (Å²) in [6, 6.07) is 0. The first-order valence-corrected chi connectivity index (χ1v) is 13.3. The molecule has 0 saturated heterocycles. The van der Waals surface area contributed by atoms with E-state index < -0.39 is 35.1 Å². The largest absolute Gasteiger partial charge is 0.458 e. The number of esters is 1. The van der Waals surface area contributed by atoms with Crippen molar-refractivity contribution in [3.8, 4) is 0 Å². The van der Waals surface area contributed by atoms with Crippen molar-refractivity contribution >= 4 is 17.8 Å². The number of ketones is 1. The van der Waals surface area contributed by atoms with Gasteiger partial charge in [-0.2, -0.15) is 0 Å². The van der Waals surface area contributed by atoms with Crippen LogP contribution in [0.3, 0.4) is 0 Å². The minimum absolute atomic E-state index is 0.0453. The van der Waals surface area contributed by atoms with E-state index in [1.165, 1.54) is 0 Å². The van der Waals surface area contributed by atoms with Gasteiger partial charge < -0.3 is 19.4 Å². The molecule has 0 amide bonds. The molecule has 206 valence electrons. The number of ether oxygens (including phenoxy) is 1. The third-order valence-corrected chi connectivity index (χ3v) is 7.25. The highest BCUT2D eigenvalue weighted by Gasteiger charge is 2.47. The predicted octanol–water partition coefficient (Wildman–Crippen LogP) is 6.09. The Balaban J connectivity index is 2.33. The van der Waals surface area contributed by atoms with Crippen LogP contribution in [0.15, 0.2) is 40.1 Å². The molecule has 7 heteroatoms. The molecule has 1 aliphatic heterocycles. The molecule has 3 atom stereocenters. The fraction of sp³-hybridized carbons (Fsp3) is 0.633. The zero-order chi connectivity index (χ0) is 27.8. The van der Waals surface area contributed by atoms with Gasteiger partial charge in [0.25, 0.3) is 0 Å². The number of allylic oxidation sites excluding steroid dienone is 3. The maximum atomic E-state index is 13.7. The summed E-state index contributed by atoms with van der Waals surface area (Å²) in [4.78, 5) is 30.8. The summed E-state index contributed by atoms with van der Waals surface area (Å²) >= 11 is 0. The lowest BCUT2D eigenvalue weighted by Crippen LogP contribution is -2.50. The first-order chi connectivity index (χ1) is 17.2. The minimum atomic E-state index is -2.15. The molecule has 2 N–H and O–H groups in total. The Morgan fingerprint density at radius 2 is 1.89 bits per heavy atom. The van der Waals surface area contributed by atoms with Gasteiger partial charge in [-0.15, -0.1) is 0 Å². The van der Waals surface area contributed by atoms with Gasteiger partial charge in [0.1, 0.15) is 23.8 Å². The number of aryl methyl sites for hydroxylation is 1. The molecule has 3 unspecified atom stereocenters. The van der Waals surface area contributed by atoms with Gasteiger partial charge in [-0.25, -0.2) is 4.98 Å². The lowest BCUT2D eigenvalue weighted by molar-refractivity contribution is -0.233. The third-order valence-electron chi connectivity index (χ3n) is 7.25. The molecule has 0 saturated carbocycles. The fourth-order valence-electron chi connectivity index (χ4n) is 4.56. The summed E-state index contributed by atoms with van der Waals surface area (Å²) in [6.45, 7) is 12.9. The van der Waals surface area contributed by atoms with Gasteiger partial charge in [0, 0.05) is 31.1 Å². The molecule has 0 radical (unpaired) electrons. The van der Waals surface area contributed by atoms with E-state index in [-0.39, 0.29) is 25.0 Å². The van der Waals surface area contributed by atoms with Gasteiger partial charge in [0.15, 0.2) is 11.7 Å². The molecular weight excluding hydrogens is 470 g/mol. The first kappa shape index (κ1) is 30.7. The number of aromatic nitrogens is 1. The van der Waals surface area contributed by atoms with Crippen LogP contribution in [-0.2, 0) is 14.3 Å². The summed E-state index contributed by atoms with van der Waals surface area (Å²) in [6.07, 6.45) is 11.7. The van der Waals surface area contributed by atoms with Gasteiger partial charge in [-0.05, 0) is 65.0 Å². The Labute approximate surface area is 221 Å². The number of oxazole rings is 1. The number of carbonyl (C=O) groups excluding carboxylic acids is 2. The van der Waals surface area contributed by atoms with Crippen LogP contribution in [0.5, 0.6) is 0 Å². The molecule has 1 aromatic rings. The SMILES string of the molecule is CC(C)=CCC1C(=O)C(C)(C)CCC(=O)OC(C=Cc2coc(C)n2)CC=C(C)CCCC(C)C1(O)O. The van der Waals surface area contributed by atoms with Crippen molar-refractivity contribution in [1.29, 1.82) is 0 Å².